The van der Waals surface area contributed by atoms with Gasteiger partial charge in [-0.05, 0) is 47.1 Å². The van der Waals surface area contributed by atoms with Gasteiger partial charge in [0, 0.05) is 9.32 Å². The highest BCUT2D eigenvalue weighted by molar-refractivity contribution is 14.1. The Kier molecular flexibility index (Phi) is 4.73. The van der Waals surface area contributed by atoms with E-state index in [0.29, 0.717) is 12.0 Å². The van der Waals surface area contributed by atoms with E-state index in [2.05, 4.69) is 66.0 Å². The minimum Gasteiger partial charge on any atom is -0.334 e. The van der Waals surface area contributed by atoms with E-state index in [1.54, 1.807) is 0 Å². The molecule has 1 heterocycles. The van der Waals surface area contributed by atoms with Crippen LogP contribution in [0.4, 0.5) is 5.69 Å². The fraction of sp³-hybridized carbons (Fsp3) is 0.462. The van der Waals surface area contributed by atoms with Crippen molar-refractivity contribution in [3.05, 3.63) is 27.8 Å². The average molecular weight is 360 g/mol. The molecule has 0 fully saturated rings. The molecule has 2 rings (SSSR count). The lowest BCUT2D eigenvalue weighted by molar-refractivity contribution is 0.485. The third-order valence-electron chi connectivity index (χ3n) is 2.82. The van der Waals surface area contributed by atoms with Gasteiger partial charge in [-0.3, -0.25) is 4.99 Å². The summed E-state index contributed by atoms with van der Waals surface area (Å²) in [5.74, 6) is 1.79. The van der Waals surface area contributed by atoms with Crippen molar-refractivity contribution in [2.24, 2.45) is 10.9 Å². The second-order valence-electron chi connectivity index (χ2n) is 4.49. The zero-order chi connectivity index (χ0) is 12.3. The normalized spacial score (nSPS) is 20.2. The molecule has 1 atom stereocenters. The number of thioether (sulfide) groups is 1. The van der Waals surface area contributed by atoms with Crippen LogP contribution in [0.2, 0.25) is 0 Å². The number of hydrogen-bond acceptors (Lipinski definition) is 3. The molecule has 2 nitrogen and oxygen atoms in total. The monoisotopic (exact) mass is 360 g/mol. The van der Waals surface area contributed by atoms with Gasteiger partial charge in [-0.25, -0.2) is 0 Å². The number of amidine groups is 1. The van der Waals surface area contributed by atoms with Crippen LogP contribution in [0.15, 0.2) is 29.3 Å². The van der Waals surface area contributed by atoms with Crippen LogP contribution in [0.1, 0.15) is 20.3 Å². The molecule has 0 saturated heterocycles. The van der Waals surface area contributed by atoms with Crippen LogP contribution in [0.5, 0.6) is 0 Å². The lowest BCUT2D eigenvalue weighted by atomic mass is 10.0. The van der Waals surface area contributed by atoms with Gasteiger partial charge < -0.3 is 5.32 Å². The third-order valence-corrected chi connectivity index (χ3v) is 4.68. The van der Waals surface area contributed by atoms with Crippen molar-refractivity contribution in [1.29, 1.82) is 0 Å². The highest BCUT2D eigenvalue weighted by atomic mass is 127. The van der Waals surface area contributed by atoms with E-state index in [1.807, 2.05) is 11.8 Å². The molecule has 1 aromatic rings. The molecular formula is C13H17IN2S. The number of anilines is 1. The Morgan fingerprint density at radius 3 is 2.88 bits per heavy atom. The van der Waals surface area contributed by atoms with E-state index >= 15 is 0 Å². The number of nitrogens with zero attached hydrogens (tertiary/aromatic N) is 1. The van der Waals surface area contributed by atoms with Crippen LogP contribution >= 0.6 is 34.4 Å². The van der Waals surface area contributed by atoms with Crippen LogP contribution < -0.4 is 5.32 Å². The summed E-state index contributed by atoms with van der Waals surface area (Å²) in [5.41, 5.74) is 1.16. The summed E-state index contributed by atoms with van der Waals surface area (Å²) in [5, 5.41) is 4.51. The molecule has 1 unspecified atom stereocenters. The maximum atomic E-state index is 4.78. The molecule has 17 heavy (non-hydrogen) atoms. The van der Waals surface area contributed by atoms with Crippen LogP contribution in [-0.2, 0) is 0 Å². The molecule has 0 saturated carbocycles. The number of rotatable bonds is 2. The highest BCUT2D eigenvalue weighted by Crippen LogP contribution is 2.25. The van der Waals surface area contributed by atoms with Gasteiger partial charge in [0.1, 0.15) is 0 Å². The zero-order valence-electron chi connectivity index (χ0n) is 10.1. The van der Waals surface area contributed by atoms with E-state index in [9.17, 15) is 0 Å². The summed E-state index contributed by atoms with van der Waals surface area (Å²) in [6, 6.07) is 8.79. The van der Waals surface area contributed by atoms with Crippen molar-refractivity contribution < 1.29 is 0 Å². The summed E-state index contributed by atoms with van der Waals surface area (Å²) < 4.78 is 1.24. The Morgan fingerprint density at radius 1 is 1.41 bits per heavy atom. The Bertz CT molecular complexity index is 418. The lowest BCUT2D eigenvalue weighted by Crippen LogP contribution is -2.24. The van der Waals surface area contributed by atoms with Crippen molar-refractivity contribution in [2.75, 3.05) is 11.1 Å². The molecule has 0 radical (unpaired) electrons. The quantitative estimate of drug-likeness (QED) is 0.799. The van der Waals surface area contributed by atoms with Crippen LogP contribution in [0.3, 0.4) is 0 Å². The van der Waals surface area contributed by atoms with Gasteiger partial charge in [0.15, 0.2) is 5.17 Å². The first-order valence-electron chi connectivity index (χ1n) is 5.89. The highest BCUT2D eigenvalue weighted by Gasteiger charge is 2.18. The maximum absolute atomic E-state index is 4.78. The summed E-state index contributed by atoms with van der Waals surface area (Å²) >= 11 is 4.17. The van der Waals surface area contributed by atoms with E-state index < -0.39 is 0 Å². The van der Waals surface area contributed by atoms with Crippen LogP contribution in [0.25, 0.3) is 0 Å². The molecule has 0 bridgehead atoms. The molecule has 1 aliphatic heterocycles. The summed E-state index contributed by atoms with van der Waals surface area (Å²) in [6.45, 7) is 4.49. The molecule has 4 heteroatoms. The van der Waals surface area contributed by atoms with Gasteiger partial charge >= 0.3 is 0 Å². The molecule has 1 aliphatic rings. The topological polar surface area (TPSA) is 24.4 Å². The van der Waals surface area contributed by atoms with E-state index in [4.69, 9.17) is 4.99 Å². The third kappa shape index (κ3) is 3.61. The standard InChI is InChI=1S/C13H17IN2S/c1-9(2)11-7-8-17-13(15-11)16-12-6-4-3-5-10(12)14/h3-6,9,11H,7-8H2,1-2H3,(H,15,16). The Morgan fingerprint density at radius 2 is 2.18 bits per heavy atom. The number of halogens is 1. The predicted octanol–water partition coefficient (Wildman–Crippen LogP) is 4.22. The molecule has 1 aromatic carbocycles. The Labute approximate surface area is 121 Å². The smallest absolute Gasteiger partial charge is 0.161 e. The van der Waals surface area contributed by atoms with Gasteiger partial charge in [-0.2, -0.15) is 0 Å². The minimum atomic E-state index is 0.472. The van der Waals surface area contributed by atoms with Gasteiger partial charge in [-0.15, -0.1) is 0 Å². The minimum absolute atomic E-state index is 0.472. The SMILES string of the molecule is CC(C)C1CCSC(Nc2ccccc2I)=N1. The van der Waals surface area contributed by atoms with Crippen molar-refractivity contribution in [3.63, 3.8) is 0 Å². The van der Waals surface area contributed by atoms with Crippen molar-refractivity contribution in [2.45, 2.75) is 26.3 Å². The van der Waals surface area contributed by atoms with Gasteiger partial charge in [0.25, 0.3) is 0 Å². The number of para-hydroxylation sites is 1. The van der Waals surface area contributed by atoms with Crippen LogP contribution in [0, 0.1) is 9.49 Å². The lowest BCUT2D eigenvalue weighted by Gasteiger charge is -2.23. The summed E-state index contributed by atoms with van der Waals surface area (Å²) in [4.78, 5) is 4.78. The van der Waals surface area contributed by atoms with Gasteiger partial charge in [0.2, 0.25) is 0 Å². The van der Waals surface area contributed by atoms with E-state index in [1.165, 1.54) is 9.99 Å². The maximum Gasteiger partial charge on any atom is 0.161 e. The molecule has 0 spiro atoms. The molecule has 1 N–H and O–H groups in total. The first-order valence-corrected chi connectivity index (χ1v) is 7.95. The van der Waals surface area contributed by atoms with Gasteiger partial charge in [-0.1, -0.05) is 37.7 Å². The zero-order valence-corrected chi connectivity index (χ0v) is 13.1. The first kappa shape index (κ1) is 13.2. The van der Waals surface area contributed by atoms with Crippen LogP contribution in [-0.4, -0.2) is 17.0 Å². The first-order chi connectivity index (χ1) is 8.16. The number of benzene rings is 1. The average Bonchev–Trinajstić information content (AvgIpc) is 2.32. The largest absolute Gasteiger partial charge is 0.334 e. The Hall–Kier alpha value is -0.230. The predicted molar refractivity (Wildman–Crippen MR) is 85.9 cm³/mol. The van der Waals surface area contributed by atoms with Crippen molar-refractivity contribution >= 4 is 45.2 Å². The van der Waals surface area contributed by atoms with Gasteiger partial charge in [0.05, 0.1) is 11.7 Å². The van der Waals surface area contributed by atoms with Crippen molar-refractivity contribution in [1.82, 2.24) is 0 Å². The second-order valence-corrected chi connectivity index (χ2v) is 6.73. The molecule has 0 amide bonds. The molecule has 92 valence electrons. The second kappa shape index (κ2) is 6.09. The van der Waals surface area contributed by atoms with E-state index in [-0.39, 0.29) is 0 Å². The summed E-state index contributed by atoms with van der Waals surface area (Å²) in [6.07, 6.45) is 1.19. The number of nitrogens with one attached hydrogen (secondary N) is 1. The Balaban J connectivity index is 2.11. The van der Waals surface area contributed by atoms with Crippen molar-refractivity contribution in [3.8, 4) is 0 Å². The number of aliphatic imine (C=N–C) groups is 1. The summed E-state index contributed by atoms with van der Waals surface area (Å²) in [7, 11) is 0. The fourth-order valence-electron chi connectivity index (χ4n) is 1.76. The fourth-order valence-corrected chi connectivity index (χ4v) is 3.22. The number of hydrogen-bond donors (Lipinski definition) is 1. The molecular weight excluding hydrogens is 343 g/mol. The molecule has 0 aromatic heterocycles. The van der Waals surface area contributed by atoms with E-state index in [0.717, 1.165) is 16.6 Å². The molecule has 0 aliphatic carbocycles.